The summed E-state index contributed by atoms with van der Waals surface area (Å²) in [7, 11) is 0. The minimum Gasteiger partial charge on any atom is -0.486 e. The molecule has 0 N–H and O–H groups in total. The lowest BCUT2D eigenvalue weighted by Crippen LogP contribution is -2.35. The van der Waals surface area contributed by atoms with Gasteiger partial charge in [0.05, 0.1) is 12.7 Å². The Morgan fingerprint density at radius 2 is 1.94 bits per heavy atom. The number of amides is 1. The van der Waals surface area contributed by atoms with Crippen molar-refractivity contribution in [2.24, 2.45) is 0 Å². The normalized spacial score (nSPS) is 17.9. The van der Waals surface area contributed by atoms with Crippen LogP contribution in [0, 0.1) is 5.82 Å². The quantitative estimate of drug-likeness (QED) is 0.649. The van der Waals surface area contributed by atoms with Gasteiger partial charge in [-0.15, -0.1) is 5.10 Å². The Labute approximate surface area is 178 Å². The molecule has 0 aliphatic carbocycles. The second-order valence-corrected chi connectivity index (χ2v) is 7.56. The number of carbonyl (C=O) groups excluding carboxylic acids is 1. The molecule has 3 aromatic rings. The van der Waals surface area contributed by atoms with E-state index in [1.54, 1.807) is 27.9 Å². The number of aromatic nitrogens is 3. The van der Waals surface area contributed by atoms with Crippen LogP contribution in [-0.4, -0.2) is 51.6 Å². The van der Waals surface area contributed by atoms with Crippen molar-refractivity contribution in [1.29, 1.82) is 0 Å². The molecular weight excluding hydrogens is 399 g/mol. The second kappa shape index (κ2) is 8.22. The van der Waals surface area contributed by atoms with Gasteiger partial charge in [0, 0.05) is 13.1 Å². The molecule has 0 spiro atoms. The van der Waals surface area contributed by atoms with Gasteiger partial charge in [-0.2, -0.15) is 0 Å². The minimum absolute atomic E-state index is 0.160. The number of benzene rings is 2. The van der Waals surface area contributed by atoms with E-state index in [1.807, 2.05) is 30.3 Å². The number of nitrogens with zero attached hydrogens (tertiary/aromatic N) is 4. The van der Waals surface area contributed by atoms with Crippen LogP contribution >= 0.6 is 0 Å². The lowest BCUT2D eigenvalue weighted by atomic mass is 9.99. The van der Waals surface area contributed by atoms with Gasteiger partial charge in [-0.25, -0.2) is 9.07 Å². The molecule has 31 heavy (non-hydrogen) atoms. The Morgan fingerprint density at radius 1 is 1.13 bits per heavy atom. The van der Waals surface area contributed by atoms with E-state index in [2.05, 4.69) is 10.3 Å². The molecule has 2 aromatic carbocycles. The fourth-order valence-corrected chi connectivity index (χ4v) is 3.79. The number of ether oxygens (including phenoxy) is 2. The van der Waals surface area contributed by atoms with Crippen LogP contribution in [0.3, 0.4) is 0 Å². The fourth-order valence-electron chi connectivity index (χ4n) is 3.79. The third-order valence-electron chi connectivity index (χ3n) is 5.43. The van der Waals surface area contributed by atoms with Crippen molar-refractivity contribution in [2.75, 3.05) is 19.7 Å². The summed E-state index contributed by atoms with van der Waals surface area (Å²) in [5, 5.41) is 8.14. The van der Waals surface area contributed by atoms with E-state index in [0.717, 1.165) is 16.9 Å². The lowest BCUT2D eigenvalue weighted by molar-refractivity contribution is 0.0751. The highest BCUT2D eigenvalue weighted by Gasteiger charge is 2.24. The van der Waals surface area contributed by atoms with Gasteiger partial charge in [0.2, 0.25) is 0 Å². The molecule has 0 bridgehead atoms. The number of fused-ring (bicyclic) bond motifs is 1. The Bertz CT molecular complexity index is 1130. The van der Waals surface area contributed by atoms with E-state index < -0.39 is 0 Å². The molecule has 158 valence electrons. The Hall–Kier alpha value is -3.68. The third kappa shape index (κ3) is 4.14. The molecule has 0 radical (unpaired) electrons. The van der Waals surface area contributed by atoms with Crippen LogP contribution < -0.4 is 9.47 Å². The monoisotopic (exact) mass is 420 g/mol. The van der Waals surface area contributed by atoms with Crippen molar-refractivity contribution in [2.45, 2.75) is 19.1 Å². The van der Waals surface area contributed by atoms with Gasteiger partial charge in [-0.1, -0.05) is 35.6 Å². The molecule has 3 heterocycles. The number of halogens is 1. The maximum atomic E-state index is 13.1. The van der Waals surface area contributed by atoms with E-state index in [9.17, 15) is 9.18 Å². The minimum atomic E-state index is -0.255. The topological polar surface area (TPSA) is 69.5 Å². The zero-order valence-corrected chi connectivity index (χ0v) is 16.8. The summed E-state index contributed by atoms with van der Waals surface area (Å²) in [6.45, 7) is 1.90. The van der Waals surface area contributed by atoms with Crippen molar-refractivity contribution in [1.82, 2.24) is 19.9 Å². The van der Waals surface area contributed by atoms with Crippen LogP contribution in [0.2, 0.25) is 0 Å². The molecule has 5 rings (SSSR count). The van der Waals surface area contributed by atoms with Crippen LogP contribution in [0.1, 0.15) is 22.5 Å². The number of rotatable bonds is 4. The van der Waals surface area contributed by atoms with E-state index in [-0.39, 0.29) is 17.8 Å². The molecule has 0 saturated carbocycles. The Balaban J connectivity index is 1.20. The van der Waals surface area contributed by atoms with Crippen molar-refractivity contribution >= 4 is 11.5 Å². The van der Waals surface area contributed by atoms with Crippen LogP contribution in [0.15, 0.2) is 60.8 Å². The van der Waals surface area contributed by atoms with E-state index in [1.165, 1.54) is 12.1 Å². The first-order chi connectivity index (χ1) is 15.2. The number of hydrogen-bond acceptors (Lipinski definition) is 5. The van der Waals surface area contributed by atoms with Gasteiger partial charge in [0.15, 0.2) is 23.3 Å². The number of carbonyl (C=O) groups is 1. The van der Waals surface area contributed by atoms with Crippen molar-refractivity contribution in [3.05, 3.63) is 77.9 Å². The maximum Gasteiger partial charge on any atom is 0.276 e. The Kier molecular flexibility index (Phi) is 5.11. The van der Waals surface area contributed by atoms with E-state index in [0.29, 0.717) is 44.1 Å². The maximum absolute atomic E-state index is 13.1. The van der Waals surface area contributed by atoms with Crippen LogP contribution in [0.4, 0.5) is 4.39 Å². The predicted molar refractivity (Wildman–Crippen MR) is 111 cm³/mol. The summed E-state index contributed by atoms with van der Waals surface area (Å²) >= 11 is 0. The average molecular weight is 420 g/mol. The summed E-state index contributed by atoms with van der Waals surface area (Å²) in [5.41, 5.74) is 2.40. The zero-order chi connectivity index (χ0) is 21.2. The summed E-state index contributed by atoms with van der Waals surface area (Å²) in [6, 6.07) is 14.0. The molecule has 2 aliphatic heterocycles. The summed E-state index contributed by atoms with van der Waals surface area (Å²) in [5.74, 6) is 1.01. The highest BCUT2D eigenvalue weighted by Crippen LogP contribution is 2.31. The molecule has 1 aromatic heterocycles. The molecule has 1 unspecified atom stereocenters. The van der Waals surface area contributed by atoms with Gasteiger partial charge in [-0.3, -0.25) is 4.79 Å². The van der Waals surface area contributed by atoms with E-state index in [4.69, 9.17) is 9.47 Å². The Morgan fingerprint density at radius 3 is 2.71 bits per heavy atom. The molecule has 0 fully saturated rings. The molecular formula is C23H21FN4O3. The first kappa shape index (κ1) is 19.3. The highest BCUT2D eigenvalue weighted by molar-refractivity contribution is 5.92. The molecule has 7 nitrogen and oxygen atoms in total. The van der Waals surface area contributed by atoms with Crippen molar-refractivity contribution < 1.29 is 18.7 Å². The molecule has 8 heteroatoms. The summed E-state index contributed by atoms with van der Waals surface area (Å²) < 4.78 is 26.4. The standard InChI is InChI=1S/C23H21FN4O3/c24-18-7-5-16(6-8-18)17-9-11-27(12-10-17)23(29)20-14-28(26-25-20)13-19-15-30-21-3-1-2-4-22(21)31-19/h1-9,14,19H,10-13,15H2. The largest absolute Gasteiger partial charge is 0.486 e. The fraction of sp³-hybridized carbons (Fsp3) is 0.261. The number of para-hydroxylation sites is 2. The average Bonchev–Trinajstić information content (AvgIpc) is 3.27. The summed E-state index contributed by atoms with van der Waals surface area (Å²) in [6.07, 6.45) is 4.14. The lowest BCUT2D eigenvalue weighted by Gasteiger charge is -2.26. The van der Waals surface area contributed by atoms with Crippen LogP contribution in [0.25, 0.3) is 5.57 Å². The second-order valence-electron chi connectivity index (χ2n) is 7.56. The van der Waals surface area contributed by atoms with Gasteiger partial charge in [0.25, 0.3) is 5.91 Å². The highest BCUT2D eigenvalue weighted by atomic mass is 19.1. The molecule has 0 saturated heterocycles. The van der Waals surface area contributed by atoms with Crippen molar-refractivity contribution in [3.8, 4) is 11.5 Å². The first-order valence-electron chi connectivity index (χ1n) is 10.2. The van der Waals surface area contributed by atoms with Crippen LogP contribution in [-0.2, 0) is 6.54 Å². The molecule has 2 aliphatic rings. The number of hydrogen-bond donors (Lipinski definition) is 0. The van der Waals surface area contributed by atoms with Gasteiger partial charge < -0.3 is 14.4 Å². The van der Waals surface area contributed by atoms with Gasteiger partial charge in [0.1, 0.15) is 12.4 Å². The molecule has 1 amide bonds. The smallest absolute Gasteiger partial charge is 0.276 e. The van der Waals surface area contributed by atoms with Crippen LogP contribution in [0.5, 0.6) is 11.5 Å². The third-order valence-corrected chi connectivity index (χ3v) is 5.43. The van der Waals surface area contributed by atoms with Crippen molar-refractivity contribution in [3.63, 3.8) is 0 Å². The van der Waals surface area contributed by atoms with Gasteiger partial charge >= 0.3 is 0 Å². The van der Waals surface area contributed by atoms with Gasteiger partial charge in [-0.05, 0) is 41.8 Å². The predicted octanol–water partition coefficient (Wildman–Crippen LogP) is 3.19. The zero-order valence-electron chi connectivity index (χ0n) is 16.8. The first-order valence-corrected chi connectivity index (χ1v) is 10.2. The SMILES string of the molecule is O=C(c1cn(CC2COc3ccccc3O2)nn1)N1CC=C(c2ccc(F)cc2)CC1. The summed E-state index contributed by atoms with van der Waals surface area (Å²) in [4.78, 5) is 14.6. The van der Waals surface area contributed by atoms with E-state index >= 15 is 0 Å². The molecule has 1 atom stereocenters.